The average Bonchev–Trinajstić information content (AvgIpc) is 1.65. The third-order valence-electron chi connectivity index (χ3n) is 0.521. The fourth-order valence-electron chi connectivity index (χ4n) is 0.105. The molecule has 0 aromatic heterocycles. The molecule has 0 aliphatic rings. The molecule has 5 N–H and O–H groups in total. The van der Waals surface area contributed by atoms with E-state index in [0.717, 1.165) is 0 Å². The molecule has 0 bridgehead atoms. The highest BCUT2D eigenvalue weighted by Gasteiger charge is 2.10. The Morgan fingerprint density at radius 3 is 2.00 bits per heavy atom. The first-order valence-electron chi connectivity index (χ1n) is 1.81. The Labute approximate surface area is 41.2 Å². The zero-order valence-electron chi connectivity index (χ0n) is 3.70. The Morgan fingerprint density at radius 1 is 1.57 bits per heavy atom. The van der Waals surface area contributed by atoms with Crippen LogP contribution in [0.4, 0.5) is 0 Å². The lowest BCUT2D eigenvalue weighted by Crippen LogP contribution is -2.26. The van der Waals surface area contributed by atoms with Crippen LogP contribution in [0.25, 0.3) is 0 Å². The van der Waals surface area contributed by atoms with Crippen molar-refractivity contribution in [1.29, 1.82) is 0 Å². The van der Waals surface area contributed by atoms with Crippen molar-refractivity contribution in [3.05, 3.63) is 6.29 Å². The summed E-state index contributed by atoms with van der Waals surface area (Å²) < 4.78 is 0. The van der Waals surface area contributed by atoms with Gasteiger partial charge in [0.05, 0.1) is 0 Å². The van der Waals surface area contributed by atoms with Crippen LogP contribution in [-0.2, 0) is 0 Å². The second-order valence-electron chi connectivity index (χ2n) is 1.11. The summed E-state index contributed by atoms with van der Waals surface area (Å²) in [6, 6.07) is 0. The minimum absolute atomic E-state index is 0.164. The molecule has 1 unspecified atom stereocenters. The number of hydrogen-bond acceptors (Lipinski definition) is 4. The van der Waals surface area contributed by atoms with Gasteiger partial charge in [-0.05, 0) is 0 Å². The summed E-state index contributed by atoms with van der Waals surface area (Å²) in [5.41, 5.74) is 4.78. The first-order valence-corrected chi connectivity index (χ1v) is 1.81. The fraction of sp³-hybridized carbons (Fsp3) is 0.667. The third kappa shape index (κ3) is 2.52. The van der Waals surface area contributed by atoms with Gasteiger partial charge in [-0.15, -0.1) is 0 Å². The maximum atomic E-state index is 8.27. The van der Waals surface area contributed by atoms with Gasteiger partial charge in [-0.25, -0.2) is 0 Å². The molecule has 0 amide bonds. The van der Waals surface area contributed by atoms with E-state index in [-0.39, 0.29) is 6.54 Å². The molecule has 0 aromatic carbocycles. The Hall–Kier alpha value is -0.160. The third-order valence-corrected chi connectivity index (χ3v) is 0.521. The monoisotopic (exact) mass is 106 g/mol. The minimum Gasteiger partial charge on any atom is -0.386 e. The lowest BCUT2D eigenvalue weighted by Gasteiger charge is -2.05. The molecule has 0 aliphatic heterocycles. The van der Waals surface area contributed by atoms with E-state index in [1.54, 1.807) is 0 Å². The Morgan fingerprint density at radius 2 is 2.00 bits per heavy atom. The molecule has 4 nitrogen and oxygen atoms in total. The topological polar surface area (TPSA) is 86.7 Å². The standard InChI is InChI=1S/C3H8NO3/c4-1-2(5)3(6)7/h2,5-7H,1,4H2. The highest BCUT2D eigenvalue weighted by molar-refractivity contribution is 4.70. The van der Waals surface area contributed by atoms with Crippen molar-refractivity contribution in [3.63, 3.8) is 0 Å². The molecule has 0 aromatic rings. The predicted molar refractivity (Wildman–Crippen MR) is 22.2 cm³/mol. The van der Waals surface area contributed by atoms with Crippen molar-refractivity contribution in [2.45, 2.75) is 6.10 Å². The van der Waals surface area contributed by atoms with Gasteiger partial charge in [0.2, 0.25) is 6.29 Å². The maximum Gasteiger partial charge on any atom is 0.249 e. The largest absolute Gasteiger partial charge is 0.386 e. The SMILES string of the molecule is NCC(O)[C](O)O. The van der Waals surface area contributed by atoms with Crippen molar-refractivity contribution in [2.75, 3.05) is 6.54 Å². The molecule has 0 fully saturated rings. The first kappa shape index (κ1) is 6.84. The highest BCUT2D eigenvalue weighted by Crippen LogP contribution is 1.91. The molecule has 0 spiro atoms. The van der Waals surface area contributed by atoms with Crippen LogP contribution in [0.3, 0.4) is 0 Å². The van der Waals surface area contributed by atoms with E-state index in [9.17, 15) is 0 Å². The molecule has 7 heavy (non-hydrogen) atoms. The Balaban J connectivity index is 3.14. The minimum atomic E-state index is -1.29. The second-order valence-corrected chi connectivity index (χ2v) is 1.11. The molecule has 0 heterocycles. The van der Waals surface area contributed by atoms with Crippen molar-refractivity contribution in [2.24, 2.45) is 5.73 Å². The van der Waals surface area contributed by atoms with Gasteiger partial charge >= 0.3 is 0 Å². The summed E-state index contributed by atoms with van der Waals surface area (Å²) in [6.07, 6.45) is -2.32. The summed E-state index contributed by atoms with van der Waals surface area (Å²) in [6.45, 7) is -0.164. The molecule has 0 aliphatic carbocycles. The van der Waals surface area contributed by atoms with E-state index in [1.165, 1.54) is 0 Å². The molecule has 43 valence electrons. The molecule has 1 atom stereocenters. The molecule has 0 rings (SSSR count). The van der Waals surface area contributed by atoms with Gasteiger partial charge in [-0.2, -0.15) is 0 Å². The normalized spacial score (nSPS) is 15.0. The van der Waals surface area contributed by atoms with Gasteiger partial charge in [-0.1, -0.05) is 0 Å². The van der Waals surface area contributed by atoms with Gasteiger partial charge in [0, 0.05) is 6.54 Å². The fourth-order valence-corrected chi connectivity index (χ4v) is 0.105. The van der Waals surface area contributed by atoms with E-state index in [1.807, 2.05) is 0 Å². The van der Waals surface area contributed by atoms with Crippen LogP contribution in [0.5, 0.6) is 0 Å². The second kappa shape index (κ2) is 2.92. The van der Waals surface area contributed by atoms with Crippen LogP contribution in [0.2, 0.25) is 0 Å². The van der Waals surface area contributed by atoms with Crippen molar-refractivity contribution < 1.29 is 15.3 Å². The van der Waals surface area contributed by atoms with Crippen molar-refractivity contribution in [1.82, 2.24) is 0 Å². The summed E-state index contributed by atoms with van der Waals surface area (Å²) >= 11 is 0. The molecule has 4 heteroatoms. The van der Waals surface area contributed by atoms with Gasteiger partial charge < -0.3 is 21.1 Å². The predicted octanol–water partition coefficient (Wildman–Crippen LogP) is -1.46. The van der Waals surface area contributed by atoms with Crippen LogP contribution in [0, 0.1) is 6.29 Å². The summed E-state index contributed by atoms with van der Waals surface area (Å²) in [7, 11) is 0. The number of nitrogens with two attached hydrogens (primary N) is 1. The number of aliphatic hydroxyl groups is 3. The molecular weight excluding hydrogens is 98.0 g/mol. The van der Waals surface area contributed by atoms with Crippen LogP contribution in [0.15, 0.2) is 0 Å². The zero-order valence-corrected chi connectivity index (χ0v) is 3.70. The molecule has 0 saturated heterocycles. The average molecular weight is 106 g/mol. The highest BCUT2D eigenvalue weighted by atomic mass is 16.5. The molecular formula is C3H8NO3. The number of hydrogen-bond donors (Lipinski definition) is 4. The van der Waals surface area contributed by atoms with Crippen LogP contribution in [0.1, 0.15) is 0 Å². The van der Waals surface area contributed by atoms with Gasteiger partial charge in [0.25, 0.3) is 0 Å². The summed E-state index contributed by atoms with van der Waals surface area (Å²) in [5, 5.41) is 24.2. The lowest BCUT2D eigenvalue weighted by molar-refractivity contribution is -0.0169. The Kier molecular flexibility index (Phi) is 2.86. The first-order chi connectivity index (χ1) is 3.18. The van der Waals surface area contributed by atoms with Gasteiger partial charge in [0.15, 0.2) is 0 Å². The zero-order chi connectivity index (χ0) is 5.86. The van der Waals surface area contributed by atoms with E-state index >= 15 is 0 Å². The van der Waals surface area contributed by atoms with Crippen molar-refractivity contribution >= 4 is 0 Å². The smallest absolute Gasteiger partial charge is 0.249 e. The van der Waals surface area contributed by atoms with Crippen LogP contribution < -0.4 is 5.73 Å². The van der Waals surface area contributed by atoms with Gasteiger partial charge in [-0.3, -0.25) is 0 Å². The van der Waals surface area contributed by atoms with Crippen LogP contribution in [-0.4, -0.2) is 28.0 Å². The lowest BCUT2D eigenvalue weighted by atomic mass is 10.3. The Bertz CT molecular complexity index is 47.4. The summed E-state index contributed by atoms with van der Waals surface area (Å²) in [4.78, 5) is 0. The van der Waals surface area contributed by atoms with Gasteiger partial charge in [0.1, 0.15) is 6.10 Å². The number of rotatable bonds is 2. The quantitative estimate of drug-likeness (QED) is 0.346. The van der Waals surface area contributed by atoms with E-state index < -0.39 is 12.4 Å². The van der Waals surface area contributed by atoms with E-state index in [2.05, 4.69) is 0 Å². The molecule has 1 radical (unpaired) electrons. The van der Waals surface area contributed by atoms with E-state index in [0.29, 0.717) is 0 Å². The summed E-state index contributed by atoms with van der Waals surface area (Å²) in [5.74, 6) is 0. The van der Waals surface area contributed by atoms with Crippen molar-refractivity contribution in [3.8, 4) is 0 Å². The van der Waals surface area contributed by atoms with E-state index in [4.69, 9.17) is 21.1 Å². The van der Waals surface area contributed by atoms with Crippen LogP contribution >= 0.6 is 0 Å². The maximum absolute atomic E-state index is 8.27. The number of aliphatic hydroxyl groups excluding tert-OH is 2. The molecule has 0 saturated carbocycles.